The lowest BCUT2D eigenvalue weighted by Gasteiger charge is -2.08. The van der Waals surface area contributed by atoms with Crippen LogP contribution in [0.15, 0.2) is 18.2 Å². The van der Waals surface area contributed by atoms with E-state index < -0.39 is 0 Å². The third kappa shape index (κ3) is 5.94. The Kier molecular flexibility index (Phi) is 7.30. The summed E-state index contributed by atoms with van der Waals surface area (Å²) in [4.78, 5) is 11.8. The Balaban J connectivity index is 2.24. The lowest BCUT2D eigenvalue weighted by molar-refractivity contribution is 0.0941. The number of hydrogen-bond acceptors (Lipinski definition) is 3. The quantitative estimate of drug-likeness (QED) is 0.570. The number of benzene rings is 1. The van der Waals surface area contributed by atoms with E-state index in [4.69, 9.17) is 22.1 Å². The highest BCUT2D eigenvalue weighted by Crippen LogP contribution is 2.17. The number of hydrogen-bond donors (Lipinski definition) is 2. The Hall–Kier alpha value is -1.26. The van der Waals surface area contributed by atoms with Gasteiger partial charge in [-0.25, -0.2) is 0 Å². The van der Waals surface area contributed by atoms with Crippen LogP contribution in [0.3, 0.4) is 0 Å². The average Bonchev–Trinajstić information content (AvgIpc) is 2.37. The van der Waals surface area contributed by atoms with Crippen LogP contribution >= 0.6 is 11.6 Å². The maximum atomic E-state index is 11.8. The summed E-state index contributed by atoms with van der Waals surface area (Å²) in [6.07, 6.45) is 3.00. The predicted molar refractivity (Wildman–Crippen MR) is 78.5 cm³/mol. The van der Waals surface area contributed by atoms with Crippen molar-refractivity contribution in [1.82, 2.24) is 5.32 Å². The van der Waals surface area contributed by atoms with E-state index in [1.165, 1.54) is 0 Å². The molecule has 0 saturated heterocycles. The van der Waals surface area contributed by atoms with Crippen LogP contribution in [-0.2, 0) is 4.74 Å². The molecule has 0 aliphatic carbocycles. The number of unbranched alkanes of at least 4 members (excludes halogenated alkanes) is 1. The first-order chi connectivity index (χ1) is 9.15. The van der Waals surface area contributed by atoms with E-state index in [0.29, 0.717) is 29.4 Å². The molecule has 0 atom stereocenters. The SMILES string of the molecule is CCCCOCCCNC(=O)c1ccc(Cl)cc1N. The number of nitrogens with one attached hydrogen (secondary N) is 1. The summed E-state index contributed by atoms with van der Waals surface area (Å²) >= 11 is 5.78. The van der Waals surface area contributed by atoms with Crippen molar-refractivity contribution < 1.29 is 9.53 Å². The van der Waals surface area contributed by atoms with Gasteiger partial charge in [0, 0.05) is 30.5 Å². The van der Waals surface area contributed by atoms with Crippen molar-refractivity contribution in [3.63, 3.8) is 0 Å². The van der Waals surface area contributed by atoms with Gasteiger partial charge < -0.3 is 15.8 Å². The van der Waals surface area contributed by atoms with E-state index in [-0.39, 0.29) is 5.91 Å². The van der Waals surface area contributed by atoms with Crippen molar-refractivity contribution in [1.29, 1.82) is 0 Å². The molecule has 0 aromatic heterocycles. The average molecular weight is 285 g/mol. The largest absolute Gasteiger partial charge is 0.398 e. The van der Waals surface area contributed by atoms with Crippen molar-refractivity contribution in [3.8, 4) is 0 Å². The molecule has 0 spiro atoms. The van der Waals surface area contributed by atoms with Crippen LogP contribution in [0.1, 0.15) is 36.5 Å². The maximum absolute atomic E-state index is 11.8. The van der Waals surface area contributed by atoms with E-state index in [1.54, 1.807) is 18.2 Å². The molecule has 1 aromatic carbocycles. The first kappa shape index (κ1) is 15.8. The highest BCUT2D eigenvalue weighted by molar-refractivity contribution is 6.31. The Labute approximate surface area is 119 Å². The predicted octanol–water partition coefficient (Wildman–Crippen LogP) is 2.86. The third-order valence-electron chi connectivity index (χ3n) is 2.65. The van der Waals surface area contributed by atoms with Gasteiger partial charge in [0.15, 0.2) is 0 Å². The van der Waals surface area contributed by atoms with Crippen molar-refractivity contribution in [2.45, 2.75) is 26.2 Å². The molecular formula is C14H21ClN2O2. The Bertz CT molecular complexity index is 410. The molecular weight excluding hydrogens is 264 g/mol. The summed E-state index contributed by atoms with van der Waals surface area (Å²) in [7, 11) is 0. The van der Waals surface area contributed by atoms with Gasteiger partial charge in [-0.2, -0.15) is 0 Å². The number of halogens is 1. The summed E-state index contributed by atoms with van der Waals surface area (Å²) in [5, 5.41) is 3.33. The standard InChI is InChI=1S/C14H21ClN2O2/c1-2-3-8-19-9-4-7-17-14(18)12-6-5-11(15)10-13(12)16/h5-6,10H,2-4,7-9,16H2,1H3,(H,17,18). The molecule has 1 aromatic rings. The van der Waals surface area contributed by atoms with Gasteiger partial charge in [-0.3, -0.25) is 4.79 Å². The van der Waals surface area contributed by atoms with E-state index in [9.17, 15) is 4.79 Å². The summed E-state index contributed by atoms with van der Waals surface area (Å²) in [6.45, 7) is 4.15. The first-order valence-electron chi connectivity index (χ1n) is 6.56. The smallest absolute Gasteiger partial charge is 0.253 e. The number of nitrogens with two attached hydrogens (primary N) is 1. The zero-order valence-corrected chi connectivity index (χ0v) is 12.0. The van der Waals surface area contributed by atoms with Gasteiger partial charge in [0.1, 0.15) is 0 Å². The van der Waals surface area contributed by atoms with Crippen molar-refractivity contribution in [3.05, 3.63) is 28.8 Å². The molecule has 106 valence electrons. The van der Waals surface area contributed by atoms with Crippen LogP contribution in [0.25, 0.3) is 0 Å². The molecule has 5 heteroatoms. The molecule has 0 unspecified atom stereocenters. The van der Waals surface area contributed by atoms with E-state index >= 15 is 0 Å². The van der Waals surface area contributed by atoms with E-state index in [2.05, 4.69) is 12.2 Å². The third-order valence-corrected chi connectivity index (χ3v) is 2.89. The molecule has 3 N–H and O–H groups in total. The molecule has 0 radical (unpaired) electrons. The number of anilines is 1. The number of nitrogen functional groups attached to an aromatic ring is 1. The van der Waals surface area contributed by atoms with Gasteiger partial charge in [0.2, 0.25) is 0 Å². The van der Waals surface area contributed by atoms with Crippen LogP contribution in [0.5, 0.6) is 0 Å². The molecule has 1 amide bonds. The molecule has 0 aliphatic rings. The maximum Gasteiger partial charge on any atom is 0.253 e. The van der Waals surface area contributed by atoms with Crippen molar-refractivity contribution in [2.24, 2.45) is 0 Å². The Morgan fingerprint density at radius 2 is 2.11 bits per heavy atom. The fourth-order valence-corrected chi connectivity index (χ4v) is 1.74. The number of carbonyl (C=O) groups excluding carboxylic acids is 1. The minimum Gasteiger partial charge on any atom is -0.398 e. The number of carbonyl (C=O) groups is 1. The zero-order chi connectivity index (χ0) is 14.1. The second-order valence-electron chi connectivity index (χ2n) is 4.31. The van der Waals surface area contributed by atoms with Crippen molar-refractivity contribution >= 4 is 23.2 Å². The second-order valence-corrected chi connectivity index (χ2v) is 4.74. The number of amides is 1. The summed E-state index contributed by atoms with van der Waals surface area (Å²) in [6, 6.07) is 4.86. The molecule has 0 saturated carbocycles. The van der Waals surface area contributed by atoms with E-state index in [1.807, 2.05) is 0 Å². The summed E-state index contributed by atoms with van der Waals surface area (Å²) in [5.74, 6) is -0.178. The molecule has 19 heavy (non-hydrogen) atoms. The highest BCUT2D eigenvalue weighted by atomic mass is 35.5. The van der Waals surface area contributed by atoms with Crippen LogP contribution in [0.2, 0.25) is 5.02 Å². The summed E-state index contributed by atoms with van der Waals surface area (Å²) in [5.41, 5.74) is 6.59. The fraction of sp³-hybridized carbons (Fsp3) is 0.500. The molecule has 1 rings (SSSR count). The van der Waals surface area contributed by atoms with Gasteiger partial charge in [0.25, 0.3) is 5.91 Å². The van der Waals surface area contributed by atoms with Crippen LogP contribution in [-0.4, -0.2) is 25.7 Å². The number of ether oxygens (including phenoxy) is 1. The first-order valence-corrected chi connectivity index (χ1v) is 6.94. The molecule has 4 nitrogen and oxygen atoms in total. The lowest BCUT2D eigenvalue weighted by atomic mass is 10.1. The second kappa shape index (κ2) is 8.77. The molecule has 0 bridgehead atoms. The van der Waals surface area contributed by atoms with Gasteiger partial charge in [0.05, 0.1) is 5.56 Å². The summed E-state index contributed by atoms with van der Waals surface area (Å²) < 4.78 is 5.41. The van der Waals surface area contributed by atoms with Crippen LogP contribution in [0.4, 0.5) is 5.69 Å². The molecule has 0 heterocycles. The lowest BCUT2D eigenvalue weighted by Crippen LogP contribution is -2.26. The van der Waals surface area contributed by atoms with Crippen LogP contribution in [0, 0.1) is 0 Å². The monoisotopic (exact) mass is 284 g/mol. The Morgan fingerprint density at radius 1 is 1.37 bits per heavy atom. The van der Waals surface area contributed by atoms with Crippen molar-refractivity contribution in [2.75, 3.05) is 25.5 Å². The minimum atomic E-state index is -0.178. The number of rotatable bonds is 8. The topological polar surface area (TPSA) is 64.3 Å². The minimum absolute atomic E-state index is 0.178. The van der Waals surface area contributed by atoms with Gasteiger partial charge in [-0.1, -0.05) is 24.9 Å². The van der Waals surface area contributed by atoms with Gasteiger partial charge in [-0.15, -0.1) is 0 Å². The normalized spacial score (nSPS) is 10.4. The fourth-order valence-electron chi connectivity index (χ4n) is 1.56. The zero-order valence-electron chi connectivity index (χ0n) is 11.2. The molecule has 0 fully saturated rings. The Morgan fingerprint density at radius 3 is 2.79 bits per heavy atom. The van der Waals surface area contributed by atoms with Gasteiger partial charge in [-0.05, 0) is 31.0 Å². The highest BCUT2D eigenvalue weighted by Gasteiger charge is 2.08. The van der Waals surface area contributed by atoms with Gasteiger partial charge >= 0.3 is 0 Å². The molecule has 0 aliphatic heterocycles. The van der Waals surface area contributed by atoms with Crippen LogP contribution < -0.4 is 11.1 Å². The van der Waals surface area contributed by atoms with E-state index in [0.717, 1.165) is 25.9 Å².